The van der Waals surface area contributed by atoms with Crippen LogP contribution in [0.1, 0.15) is 23.3 Å². The Hall–Kier alpha value is -2.67. The summed E-state index contributed by atoms with van der Waals surface area (Å²) in [6, 6.07) is 7.23. The number of aliphatic hydroxyl groups excluding tert-OH is 1. The number of likely N-dealkylation sites (N-methyl/N-ethyl adjacent to an activating group) is 1. The number of rotatable bonds is 2. The fourth-order valence-corrected chi connectivity index (χ4v) is 3.74. The molecule has 0 saturated heterocycles. The molecule has 1 aliphatic carbocycles. The van der Waals surface area contributed by atoms with Crippen LogP contribution >= 0.6 is 0 Å². The van der Waals surface area contributed by atoms with E-state index in [1.165, 1.54) is 18.6 Å². The van der Waals surface area contributed by atoms with Crippen molar-refractivity contribution in [3.05, 3.63) is 48.5 Å². The summed E-state index contributed by atoms with van der Waals surface area (Å²) >= 11 is 0. The van der Waals surface area contributed by atoms with E-state index in [0.717, 1.165) is 17.9 Å². The van der Waals surface area contributed by atoms with Crippen LogP contribution in [0.5, 0.6) is 5.75 Å². The number of nitrogens with one attached hydrogen (secondary N) is 1. The number of benzene rings is 1. The molecule has 1 aliphatic heterocycles. The molecule has 1 fully saturated rings. The van der Waals surface area contributed by atoms with E-state index in [2.05, 4.69) is 20.2 Å². The number of nitrogens with zero attached hydrogens (tertiary/aromatic N) is 3. The maximum absolute atomic E-state index is 12.3. The van der Waals surface area contributed by atoms with Crippen molar-refractivity contribution in [2.45, 2.75) is 37.1 Å². The van der Waals surface area contributed by atoms with Crippen LogP contribution in [-0.2, 0) is 0 Å². The molecule has 1 aromatic carbocycles. The minimum atomic E-state index is -0.738. The van der Waals surface area contributed by atoms with Crippen molar-refractivity contribution >= 4 is 11.6 Å². The summed E-state index contributed by atoms with van der Waals surface area (Å²) in [6.45, 7) is 0. The average Bonchev–Trinajstić information content (AvgIpc) is 2.65. The molecule has 25 heavy (non-hydrogen) atoms. The van der Waals surface area contributed by atoms with Crippen molar-refractivity contribution in [1.82, 2.24) is 15.3 Å². The fraction of sp³-hybridized carbons (Fsp3) is 0.389. The molecule has 1 amide bonds. The topological polar surface area (TPSA) is 87.6 Å². The normalized spacial score (nSPS) is 27.7. The van der Waals surface area contributed by atoms with Crippen molar-refractivity contribution in [3.63, 3.8) is 0 Å². The number of para-hydroxylation sites is 2. The molecule has 2 aromatic rings. The second kappa shape index (κ2) is 6.33. The molecule has 0 unspecified atom stereocenters. The molecule has 2 aliphatic rings. The van der Waals surface area contributed by atoms with Gasteiger partial charge in [0.2, 0.25) is 0 Å². The number of anilines is 1. The van der Waals surface area contributed by atoms with E-state index in [4.69, 9.17) is 4.74 Å². The maximum Gasteiger partial charge on any atom is 0.271 e. The molecule has 1 aromatic heterocycles. The van der Waals surface area contributed by atoms with Crippen molar-refractivity contribution in [3.8, 4) is 5.75 Å². The number of amides is 1. The minimum absolute atomic E-state index is 0.0976. The lowest BCUT2D eigenvalue weighted by Crippen LogP contribution is -2.64. The van der Waals surface area contributed by atoms with Crippen LogP contribution in [0, 0.1) is 0 Å². The van der Waals surface area contributed by atoms with Gasteiger partial charge < -0.3 is 20.1 Å². The van der Waals surface area contributed by atoms with Gasteiger partial charge >= 0.3 is 0 Å². The highest BCUT2D eigenvalue weighted by atomic mass is 16.5. The van der Waals surface area contributed by atoms with Gasteiger partial charge in [0.1, 0.15) is 17.5 Å². The van der Waals surface area contributed by atoms with E-state index < -0.39 is 6.10 Å². The fourth-order valence-electron chi connectivity index (χ4n) is 3.74. The van der Waals surface area contributed by atoms with E-state index in [1.807, 2.05) is 31.3 Å². The predicted molar refractivity (Wildman–Crippen MR) is 91.6 cm³/mol. The highest BCUT2D eigenvalue weighted by Gasteiger charge is 2.45. The second-order valence-electron chi connectivity index (χ2n) is 6.46. The van der Waals surface area contributed by atoms with Gasteiger partial charge in [0.05, 0.1) is 30.1 Å². The highest BCUT2D eigenvalue weighted by molar-refractivity contribution is 5.92. The van der Waals surface area contributed by atoms with Crippen molar-refractivity contribution < 1.29 is 14.6 Å². The molecule has 4 atom stereocenters. The first kappa shape index (κ1) is 15.8. The number of ether oxygens (including phenoxy) is 1. The van der Waals surface area contributed by atoms with Gasteiger partial charge in [-0.3, -0.25) is 9.78 Å². The van der Waals surface area contributed by atoms with Crippen LogP contribution in [0.4, 0.5) is 5.69 Å². The average molecular weight is 340 g/mol. The Labute approximate surface area is 145 Å². The smallest absolute Gasteiger partial charge is 0.271 e. The Bertz CT molecular complexity index is 770. The molecular weight excluding hydrogens is 320 g/mol. The molecule has 0 spiro atoms. The number of hydrogen-bond acceptors (Lipinski definition) is 6. The zero-order chi connectivity index (χ0) is 17.4. The van der Waals surface area contributed by atoms with Crippen LogP contribution in [-0.4, -0.2) is 52.3 Å². The van der Waals surface area contributed by atoms with Gasteiger partial charge in [0.15, 0.2) is 0 Å². The molecule has 4 rings (SSSR count). The molecular formula is C18H20N4O3. The molecule has 7 nitrogen and oxygen atoms in total. The number of fused-ring (bicyclic) bond motifs is 2. The van der Waals surface area contributed by atoms with Gasteiger partial charge in [-0.25, -0.2) is 4.98 Å². The third-order valence-corrected chi connectivity index (χ3v) is 4.99. The summed E-state index contributed by atoms with van der Waals surface area (Å²) in [7, 11) is 1.95. The summed E-state index contributed by atoms with van der Waals surface area (Å²) in [5.41, 5.74) is 1.19. The number of carbonyl (C=O) groups excluding carboxylic acids is 1. The Balaban J connectivity index is 1.53. The Morgan fingerprint density at radius 1 is 1.32 bits per heavy atom. The first-order valence-electron chi connectivity index (χ1n) is 8.38. The zero-order valence-corrected chi connectivity index (χ0v) is 13.9. The summed E-state index contributed by atoms with van der Waals surface area (Å²) < 4.78 is 6.08. The number of carbonyl (C=O) groups is 1. The Morgan fingerprint density at radius 2 is 2.16 bits per heavy atom. The van der Waals surface area contributed by atoms with Crippen LogP contribution in [0.3, 0.4) is 0 Å². The first-order valence-corrected chi connectivity index (χ1v) is 8.38. The third-order valence-electron chi connectivity index (χ3n) is 4.99. The summed E-state index contributed by atoms with van der Waals surface area (Å²) in [5.74, 6) is 0.510. The lowest BCUT2D eigenvalue weighted by atomic mass is 9.83. The van der Waals surface area contributed by atoms with Gasteiger partial charge in [0.25, 0.3) is 5.91 Å². The largest absolute Gasteiger partial charge is 0.486 e. The maximum atomic E-state index is 12.3. The Morgan fingerprint density at radius 3 is 2.96 bits per heavy atom. The van der Waals surface area contributed by atoms with Gasteiger partial charge in [-0.1, -0.05) is 12.1 Å². The minimum Gasteiger partial charge on any atom is -0.486 e. The van der Waals surface area contributed by atoms with Gasteiger partial charge in [-0.2, -0.15) is 0 Å². The first-order chi connectivity index (χ1) is 12.1. The molecule has 2 N–H and O–H groups in total. The lowest BCUT2D eigenvalue weighted by molar-refractivity contribution is -0.000977. The molecule has 7 heteroatoms. The molecule has 130 valence electrons. The van der Waals surface area contributed by atoms with E-state index in [0.29, 0.717) is 6.42 Å². The molecule has 2 heterocycles. The number of hydrogen-bond donors (Lipinski definition) is 2. The monoisotopic (exact) mass is 340 g/mol. The van der Waals surface area contributed by atoms with Crippen molar-refractivity contribution in [2.24, 2.45) is 0 Å². The van der Waals surface area contributed by atoms with Crippen molar-refractivity contribution in [2.75, 3.05) is 11.9 Å². The van der Waals surface area contributed by atoms with E-state index in [9.17, 15) is 9.90 Å². The predicted octanol–water partition coefficient (Wildman–Crippen LogP) is 0.996. The summed E-state index contributed by atoms with van der Waals surface area (Å²) in [5, 5.41) is 13.8. The summed E-state index contributed by atoms with van der Waals surface area (Å²) in [6.07, 6.45) is 4.97. The SMILES string of the molecule is CN1c2ccccc2O[C@@H]2CC[C@@H](NC(=O)c3cnccn3)[C@@H](O)[C@@H]21. The number of aromatic nitrogens is 2. The van der Waals surface area contributed by atoms with Crippen LogP contribution in [0.25, 0.3) is 0 Å². The second-order valence-corrected chi connectivity index (χ2v) is 6.46. The van der Waals surface area contributed by atoms with Crippen LogP contribution in [0.15, 0.2) is 42.9 Å². The van der Waals surface area contributed by atoms with E-state index in [-0.39, 0.29) is 29.8 Å². The summed E-state index contributed by atoms with van der Waals surface area (Å²) in [4.78, 5) is 22.3. The number of aliphatic hydroxyl groups is 1. The lowest BCUT2D eigenvalue weighted by Gasteiger charge is -2.48. The standard InChI is InChI=1S/C18H20N4O3/c1-22-13-4-2-3-5-14(13)25-15-7-6-11(17(23)16(15)22)21-18(24)12-10-19-8-9-20-12/h2-5,8-11,15-17,23H,6-7H2,1H3,(H,21,24)/t11-,15-,16-,17-/m1/s1. The molecule has 1 saturated carbocycles. The van der Waals surface area contributed by atoms with Gasteiger partial charge in [0, 0.05) is 19.4 Å². The van der Waals surface area contributed by atoms with E-state index in [1.54, 1.807) is 0 Å². The van der Waals surface area contributed by atoms with Crippen LogP contribution < -0.4 is 15.0 Å². The van der Waals surface area contributed by atoms with E-state index >= 15 is 0 Å². The molecule has 0 radical (unpaired) electrons. The van der Waals surface area contributed by atoms with Crippen LogP contribution in [0.2, 0.25) is 0 Å². The highest BCUT2D eigenvalue weighted by Crippen LogP contribution is 2.39. The third kappa shape index (κ3) is 2.80. The van der Waals surface area contributed by atoms with Crippen molar-refractivity contribution in [1.29, 1.82) is 0 Å². The van der Waals surface area contributed by atoms with Gasteiger partial charge in [-0.05, 0) is 25.0 Å². The Kier molecular flexibility index (Phi) is 4.01. The quantitative estimate of drug-likeness (QED) is 0.848. The molecule has 0 bridgehead atoms. The zero-order valence-electron chi connectivity index (χ0n) is 13.9. The van der Waals surface area contributed by atoms with Gasteiger partial charge in [-0.15, -0.1) is 0 Å².